The van der Waals surface area contributed by atoms with Gasteiger partial charge in [-0.3, -0.25) is 9.78 Å². The van der Waals surface area contributed by atoms with Crippen LogP contribution < -0.4 is 15.5 Å². The molecule has 1 fully saturated rings. The molecule has 1 aliphatic heterocycles. The molecule has 0 spiro atoms. The second-order valence-electron chi connectivity index (χ2n) is 10.3. The normalized spacial score (nSPS) is 14.8. The van der Waals surface area contributed by atoms with Gasteiger partial charge in [0, 0.05) is 62.0 Å². The van der Waals surface area contributed by atoms with Crippen molar-refractivity contribution in [1.82, 2.24) is 35.1 Å². The summed E-state index contributed by atoms with van der Waals surface area (Å²) in [5.74, 6) is 0.244. The number of aromatic nitrogens is 5. The Morgan fingerprint density at radius 2 is 1.85 bits per heavy atom. The molecular weight excluding hydrogens is 541 g/mol. The third kappa shape index (κ3) is 6.54. The fourth-order valence-corrected chi connectivity index (χ4v) is 5.14. The quantitative estimate of drug-likeness (QED) is 0.323. The molecular formula is C29H36FN9OS. The monoisotopic (exact) mass is 577 g/mol. The predicted octanol–water partition coefficient (Wildman–Crippen LogP) is 3.84. The van der Waals surface area contributed by atoms with E-state index in [0.29, 0.717) is 35.3 Å². The Morgan fingerprint density at radius 3 is 2.56 bits per heavy atom. The van der Waals surface area contributed by atoms with Crippen molar-refractivity contribution < 1.29 is 9.18 Å². The topological polar surface area (TPSA) is 112 Å². The molecule has 5 rings (SSSR count). The molecule has 0 radical (unpaired) electrons. The van der Waals surface area contributed by atoms with Gasteiger partial charge in [-0.15, -0.1) is 0 Å². The number of halogens is 1. The van der Waals surface area contributed by atoms with Gasteiger partial charge >= 0.3 is 0 Å². The summed E-state index contributed by atoms with van der Waals surface area (Å²) in [7, 11) is 5.69. The third-order valence-corrected chi connectivity index (χ3v) is 7.61. The van der Waals surface area contributed by atoms with E-state index in [1.807, 2.05) is 25.1 Å². The molecule has 1 aliphatic rings. The van der Waals surface area contributed by atoms with E-state index in [2.05, 4.69) is 59.4 Å². The number of benzene rings is 1. The van der Waals surface area contributed by atoms with Gasteiger partial charge in [-0.05, 0) is 38.5 Å². The van der Waals surface area contributed by atoms with E-state index in [0.717, 1.165) is 48.9 Å². The standard InChI is InChI=1S/C29H34FN9O.H2S/c1-18(21-6-5-7-22-26(28(40)31-2)23(30)16-33-27(21)22)13-32-25-12-24(36-17-37-25)19-14-34-29(35-15-19)39(4)20-8-10-38(3)11-9-20;/h5-7,12,14-18,20H,8-11,13H2,1-4H3,(H,31,40)(H,32,36,37);1H2/t18-;/m1./s1. The van der Waals surface area contributed by atoms with Crippen LogP contribution in [0.1, 0.15) is 41.6 Å². The number of likely N-dealkylation sites (tertiary alicyclic amines) is 1. The van der Waals surface area contributed by atoms with E-state index in [1.54, 1.807) is 18.5 Å². The van der Waals surface area contributed by atoms with E-state index >= 15 is 0 Å². The van der Waals surface area contributed by atoms with Gasteiger partial charge in [0.05, 0.1) is 23.0 Å². The van der Waals surface area contributed by atoms with E-state index in [1.165, 1.54) is 13.4 Å². The highest BCUT2D eigenvalue weighted by Gasteiger charge is 2.22. The zero-order valence-corrected chi connectivity index (χ0v) is 24.7. The SMILES string of the molecule is CNC(=O)c1c(F)cnc2c([C@H](C)CNc3cc(-c4cnc(N(C)C5CCN(C)CC5)nc4)ncn3)cccc12.S. The molecule has 3 aromatic heterocycles. The maximum Gasteiger partial charge on any atom is 0.254 e. The number of nitrogens with one attached hydrogen (secondary N) is 2. The lowest BCUT2D eigenvalue weighted by Crippen LogP contribution is -2.42. The Kier molecular flexibility index (Phi) is 9.66. The summed E-state index contributed by atoms with van der Waals surface area (Å²) in [5.41, 5.74) is 3.03. The number of para-hydroxylation sites is 1. The number of piperidine rings is 1. The average Bonchev–Trinajstić information content (AvgIpc) is 2.99. The van der Waals surface area contributed by atoms with Crippen LogP contribution in [0.15, 0.2) is 49.2 Å². The first-order chi connectivity index (χ1) is 19.4. The molecule has 216 valence electrons. The molecule has 0 unspecified atom stereocenters. The Balaban J connectivity index is 0.00000387. The van der Waals surface area contributed by atoms with Gasteiger partial charge < -0.3 is 20.4 Å². The second kappa shape index (κ2) is 13.2. The summed E-state index contributed by atoms with van der Waals surface area (Å²) in [4.78, 5) is 39.1. The molecule has 1 amide bonds. The zero-order chi connectivity index (χ0) is 28.2. The number of rotatable bonds is 8. The van der Waals surface area contributed by atoms with Crippen molar-refractivity contribution in [2.75, 3.05) is 51.0 Å². The number of anilines is 2. The van der Waals surface area contributed by atoms with E-state index in [-0.39, 0.29) is 25.0 Å². The van der Waals surface area contributed by atoms with Crippen LogP contribution in [0.4, 0.5) is 16.2 Å². The van der Waals surface area contributed by atoms with Crippen LogP contribution in [-0.4, -0.2) is 82.5 Å². The van der Waals surface area contributed by atoms with Crippen molar-refractivity contribution in [3.8, 4) is 11.3 Å². The predicted molar refractivity (Wildman–Crippen MR) is 164 cm³/mol. The molecule has 0 bridgehead atoms. The van der Waals surface area contributed by atoms with Crippen LogP contribution in [0.25, 0.3) is 22.2 Å². The van der Waals surface area contributed by atoms with E-state index in [9.17, 15) is 9.18 Å². The first-order valence-corrected chi connectivity index (χ1v) is 13.4. The van der Waals surface area contributed by atoms with Crippen molar-refractivity contribution in [2.45, 2.75) is 31.7 Å². The first-order valence-electron chi connectivity index (χ1n) is 13.4. The summed E-state index contributed by atoms with van der Waals surface area (Å²) in [6, 6.07) is 7.78. The molecule has 1 saturated heterocycles. The van der Waals surface area contributed by atoms with Gasteiger partial charge in [0.15, 0.2) is 5.82 Å². The lowest BCUT2D eigenvalue weighted by atomic mass is 9.96. The largest absolute Gasteiger partial charge is 0.369 e. The number of hydrogen-bond acceptors (Lipinski definition) is 9. The van der Waals surface area contributed by atoms with Crippen molar-refractivity contribution in [3.63, 3.8) is 0 Å². The number of fused-ring (bicyclic) bond motifs is 1. The van der Waals surface area contributed by atoms with Crippen LogP contribution in [0, 0.1) is 5.82 Å². The lowest BCUT2D eigenvalue weighted by Gasteiger charge is -2.35. The minimum absolute atomic E-state index is 0. The van der Waals surface area contributed by atoms with Crippen molar-refractivity contribution in [2.24, 2.45) is 0 Å². The Hall–Kier alpha value is -3.90. The highest BCUT2D eigenvalue weighted by Crippen LogP contribution is 2.28. The van der Waals surface area contributed by atoms with Gasteiger partial charge in [0.1, 0.15) is 12.1 Å². The van der Waals surface area contributed by atoms with Crippen molar-refractivity contribution in [3.05, 3.63) is 66.1 Å². The van der Waals surface area contributed by atoms with E-state index in [4.69, 9.17) is 0 Å². The highest BCUT2D eigenvalue weighted by atomic mass is 32.1. The minimum atomic E-state index is -0.645. The Bertz CT molecular complexity index is 1500. The van der Waals surface area contributed by atoms with E-state index < -0.39 is 11.7 Å². The summed E-state index contributed by atoms with van der Waals surface area (Å²) >= 11 is 0. The van der Waals surface area contributed by atoms with Crippen molar-refractivity contribution in [1.29, 1.82) is 0 Å². The van der Waals surface area contributed by atoms with Crippen molar-refractivity contribution >= 4 is 42.1 Å². The summed E-state index contributed by atoms with van der Waals surface area (Å²) in [6.45, 7) is 4.74. The summed E-state index contributed by atoms with van der Waals surface area (Å²) in [5, 5.41) is 6.36. The molecule has 0 aliphatic carbocycles. The maximum absolute atomic E-state index is 14.4. The van der Waals surface area contributed by atoms with Gasteiger partial charge in [-0.1, -0.05) is 25.1 Å². The van der Waals surface area contributed by atoms with Crippen LogP contribution in [-0.2, 0) is 0 Å². The van der Waals surface area contributed by atoms with Crippen LogP contribution in [0.3, 0.4) is 0 Å². The lowest BCUT2D eigenvalue weighted by molar-refractivity contribution is 0.0960. The molecule has 4 heterocycles. The number of amides is 1. The van der Waals surface area contributed by atoms with Crippen LogP contribution in [0.5, 0.6) is 0 Å². The van der Waals surface area contributed by atoms with Gasteiger partial charge in [-0.2, -0.15) is 13.5 Å². The van der Waals surface area contributed by atoms with Crippen LogP contribution >= 0.6 is 13.5 Å². The summed E-state index contributed by atoms with van der Waals surface area (Å²) in [6.07, 6.45) is 8.41. The fraction of sp³-hybridized carbons (Fsp3) is 0.379. The van der Waals surface area contributed by atoms with Gasteiger partial charge in [0.25, 0.3) is 5.91 Å². The molecule has 2 N–H and O–H groups in total. The molecule has 4 aromatic rings. The fourth-order valence-electron chi connectivity index (χ4n) is 5.14. The molecule has 10 nitrogen and oxygen atoms in total. The molecule has 1 atom stereocenters. The summed E-state index contributed by atoms with van der Waals surface area (Å²) < 4.78 is 14.4. The third-order valence-electron chi connectivity index (χ3n) is 7.61. The minimum Gasteiger partial charge on any atom is -0.369 e. The molecule has 1 aromatic carbocycles. The number of pyridine rings is 1. The average molecular weight is 578 g/mol. The molecule has 41 heavy (non-hydrogen) atoms. The highest BCUT2D eigenvalue weighted by molar-refractivity contribution is 7.59. The smallest absolute Gasteiger partial charge is 0.254 e. The molecule has 12 heteroatoms. The Labute approximate surface area is 246 Å². The second-order valence-corrected chi connectivity index (χ2v) is 10.3. The van der Waals surface area contributed by atoms with Gasteiger partial charge in [-0.25, -0.2) is 24.3 Å². The first kappa shape index (κ1) is 30.1. The van der Waals surface area contributed by atoms with Gasteiger partial charge in [0.2, 0.25) is 5.95 Å². The number of hydrogen-bond donors (Lipinski definition) is 2. The number of nitrogens with zero attached hydrogens (tertiary/aromatic N) is 7. The van der Waals surface area contributed by atoms with Crippen LogP contribution in [0.2, 0.25) is 0 Å². The number of carbonyl (C=O) groups is 1. The molecule has 0 saturated carbocycles. The Morgan fingerprint density at radius 1 is 1.12 bits per heavy atom. The zero-order valence-electron chi connectivity index (χ0n) is 23.7. The maximum atomic E-state index is 14.4. The number of carbonyl (C=O) groups excluding carboxylic acids is 1.